The molecule has 9 heteroatoms. The number of carbonyl (C=O) groups excluding carboxylic acids is 3. The minimum atomic E-state index is -4.48. The highest BCUT2D eigenvalue weighted by atomic mass is 19.4. The fourth-order valence-electron chi connectivity index (χ4n) is 3.95. The minimum Gasteiger partial charge on any atom is -0.337 e. The van der Waals surface area contributed by atoms with Gasteiger partial charge in [0.15, 0.2) is 0 Å². The molecule has 0 spiro atoms. The normalized spacial score (nSPS) is 22.9. The third-order valence-corrected chi connectivity index (χ3v) is 5.31. The summed E-state index contributed by atoms with van der Waals surface area (Å²) < 4.78 is 38.4. The number of carbonyl (C=O) groups is 3. The Balaban J connectivity index is 1.87. The Hall–Kier alpha value is -2.58. The summed E-state index contributed by atoms with van der Waals surface area (Å²) >= 11 is 0. The van der Waals surface area contributed by atoms with E-state index in [0.717, 1.165) is 24.3 Å². The number of hydrogen-bond acceptors (Lipinski definition) is 3. The van der Waals surface area contributed by atoms with Gasteiger partial charge in [0, 0.05) is 25.1 Å². The van der Waals surface area contributed by atoms with Gasteiger partial charge >= 0.3 is 6.18 Å². The second-order valence-electron chi connectivity index (χ2n) is 7.92. The van der Waals surface area contributed by atoms with E-state index in [9.17, 15) is 27.6 Å². The number of hydrogen-bond donors (Lipinski definition) is 0. The van der Waals surface area contributed by atoms with Gasteiger partial charge in [0.1, 0.15) is 12.2 Å². The first kappa shape index (κ1) is 21.1. The van der Waals surface area contributed by atoms with E-state index in [1.165, 1.54) is 9.80 Å². The van der Waals surface area contributed by atoms with E-state index in [0.29, 0.717) is 6.54 Å². The van der Waals surface area contributed by atoms with Gasteiger partial charge in [-0.05, 0) is 37.1 Å². The van der Waals surface area contributed by atoms with E-state index in [1.54, 1.807) is 11.8 Å². The molecule has 0 radical (unpaired) electrons. The first-order valence-electron chi connectivity index (χ1n) is 9.59. The van der Waals surface area contributed by atoms with Crippen LogP contribution >= 0.6 is 0 Å². The topological polar surface area (TPSA) is 60.9 Å². The Morgan fingerprint density at radius 2 is 1.79 bits per heavy atom. The quantitative estimate of drug-likeness (QED) is 0.768. The van der Waals surface area contributed by atoms with Crippen LogP contribution in [0.5, 0.6) is 0 Å². The molecule has 2 atom stereocenters. The number of amides is 3. The molecule has 2 aliphatic rings. The van der Waals surface area contributed by atoms with Crippen LogP contribution in [0.25, 0.3) is 0 Å². The molecule has 2 unspecified atom stereocenters. The number of fused-ring (bicyclic) bond motifs is 1. The van der Waals surface area contributed by atoms with Gasteiger partial charge in [-0.1, -0.05) is 13.8 Å². The van der Waals surface area contributed by atoms with Crippen LogP contribution in [-0.4, -0.2) is 64.3 Å². The summed E-state index contributed by atoms with van der Waals surface area (Å²) in [6, 6.07) is 3.35. The van der Waals surface area contributed by atoms with Crippen LogP contribution in [-0.2, 0) is 15.8 Å². The van der Waals surface area contributed by atoms with Gasteiger partial charge in [-0.15, -0.1) is 0 Å². The highest BCUT2D eigenvalue weighted by Gasteiger charge is 2.47. The Morgan fingerprint density at radius 1 is 1.17 bits per heavy atom. The Bertz CT molecular complexity index is 807. The molecular weight excluding hydrogens is 387 g/mol. The molecule has 1 aromatic rings. The lowest BCUT2D eigenvalue weighted by Crippen LogP contribution is -2.70. The van der Waals surface area contributed by atoms with Crippen molar-refractivity contribution in [2.24, 2.45) is 5.92 Å². The van der Waals surface area contributed by atoms with Gasteiger partial charge < -0.3 is 14.7 Å². The molecule has 3 rings (SSSR count). The van der Waals surface area contributed by atoms with Crippen molar-refractivity contribution in [2.45, 2.75) is 45.6 Å². The molecule has 2 heterocycles. The van der Waals surface area contributed by atoms with Crippen molar-refractivity contribution in [1.29, 1.82) is 0 Å². The van der Waals surface area contributed by atoms with Gasteiger partial charge in [-0.3, -0.25) is 14.4 Å². The average molecular weight is 411 g/mol. The zero-order valence-electron chi connectivity index (χ0n) is 16.6. The predicted octanol–water partition coefficient (Wildman–Crippen LogP) is 2.59. The first-order valence-corrected chi connectivity index (χ1v) is 9.59. The summed E-state index contributed by atoms with van der Waals surface area (Å²) in [5.41, 5.74) is -0.711. The van der Waals surface area contributed by atoms with Crippen molar-refractivity contribution in [2.75, 3.05) is 19.6 Å². The van der Waals surface area contributed by atoms with Crippen molar-refractivity contribution >= 4 is 17.7 Å². The molecule has 0 aliphatic carbocycles. The van der Waals surface area contributed by atoms with Crippen LogP contribution in [0.15, 0.2) is 24.3 Å². The van der Waals surface area contributed by atoms with E-state index < -0.39 is 29.9 Å². The maximum absolute atomic E-state index is 13.0. The summed E-state index contributed by atoms with van der Waals surface area (Å²) in [5, 5.41) is 0. The number of benzene rings is 1. The minimum absolute atomic E-state index is 0.0741. The maximum atomic E-state index is 13.0. The van der Waals surface area contributed by atoms with E-state index in [1.807, 2.05) is 13.8 Å². The number of alkyl halides is 3. The zero-order chi connectivity index (χ0) is 21.5. The fourth-order valence-corrected chi connectivity index (χ4v) is 3.95. The molecule has 3 amide bonds. The molecular formula is C20H24F3N3O3. The molecule has 2 aliphatic heterocycles. The molecule has 6 nitrogen and oxygen atoms in total. The summed E-state index contributed by atoms with van der Waals surface area (Å²) in [7, 11) is 0. The summed E-state index contributed by atoms with van der Waals surface area (Å²) in [5.74, 6) is -0.591. The monoisotopic (exact) mass is 411 g/mol. The van der Waals surface area contributed by atoms with Crippen LogP contribution in [0.1, 0.15) is 43.1 Å². The van der Waals surface area contributed by atoms with Crippen molar-refractivity contribution in [3.05, 3.63) is 35.4 Å². The van der Waals surface area contributed by atoms with Crippen LogP contribution in [0.2, 0.25) is 0 Å². The molecule has 0 saturated carbocycles. The molecule has 1 aromatic carbocycles. The lowest BCUT2D eigenvalue weighted by molar-refractivity contribution is -0.166. The standard InChI is InChI=1S/C20H24F3N3O3/c1-12(2)10-24-11-16-25(9-8-17(27)26(16)13(3)18(24)28)19(29)14-4-6-15(7-5-14)20(21,22)23/h4-7,12-13,16H,8-11H2,1-3H3. The highest BCUT2D eigenvalue weighted by molar-refractivity contribution is 5.97. The maximum Gasteiger partial charge on any atom is 0.416 e. The van der Waals surface area contributed by atoms with Crippen molar-refractivity contribution < 1.29 is 27.6 Å². The van der Waals surface area contributed by atoms with Crippen LogP contribution in [0.4, 0.5) is 13.2 Å². The number of piperazine rings is 1. The van der Waals surface area contributed by atoms with Gasteiger partial charge in [-0.25, -0.2) is 0 Å². The number of halogens is 3. The van der Waals surface area contributed by atoms with Crippen LogP contribution in [0.3, 0.4) is 0 Å². The summed E-state index contributed by atoms with van der Waals surface area (Å²) in [6.45, 7) is 6.45. The molecule has 0 N–H and O–H groups in total. The first-order chi connectivity index (χ1) is 13.5. The lowest BCUT2D eigenvalue weighted by atomic mass is 10.0. The Kier molecular flexibility index (Phi) is 5.60. The van der Waals surface area contributed by atoms with Gasteiger partial charge in [0.2, 0.25) is 11.8 Å². The number of rotatable bonds is 3. The van der Waals surface area contributed by atoms with Crippen molar-refractivity contribution in [3.8, 4) is 0 Å². The lowest BCUT2D eigenvalue weighted by Gasteiger charge is -2.51. The third kappa shape index (κ3) is 4.09. The molecule has 158 valence electrons. The summed E-state index contributed by atoms with van der Waals surface area (Å²) in [4.78, 5) is 42.7. The largest absolute Gasteiger partial charge is 0.416 e. The van der Waals surface area contributed by atoms with Gasteiger partial charge in [0.25, 0.3) is 5.91 Å². The van der Waals surface area contributed by atoms with E-state index in [2.05, 4.69) is 0 Å². The smallest absolute Gasteiger partial charge is 0.337 e. The average Bonchev–Trinajstić information content (AvgIpc) is 2.64. The second-order valence-corrected chi connectivity index (χ2v) is 7.92. The molecule has 0 aromatic heterocycles. The molecule has 0 bridgehead atoms. The zero-order valence-corrected chi connectivity index (χ0v) is 16.6. The van der Waals surface area contributed by atoms with Gasteiger partial charge in [-0.2, -0.15) is 13.2 Å². The third-order valence-electron chi connectivity index (χ3n) is 5.31. The van der Waals surface area contributed by atoms with Crippen LogP contribution < -0.4 is 0 Å². The van der Waals surface area contributed by atoms with E-state index in [4.69, 9.17) is 0 Å². The van der Waals surface area contributed by atoms with Gasteiger partial charge in [0.05, 0.1) is 12.1 Å². The fraction of sp³-hybridized carbons (Fsp3) is 0.550. The van der Waals surface area contributed by atoms with Crippen molar-refractivity contribution in [3.63, 3.8) is 0 Å². The Labute approximate surface area is 167 Å². The van der Waals surface area contributed by atoms with Crippen molar-refractivity contribution in [1.82, 2.24) is 14.7 Å². The molecule has 29 heavy (non-hydrogen) atoms. The highest BCUT2D eigenvalue weighted by Crippen LogP contribution is 2.30. The predicted molar refractivity (Wildman–Crippen MR) is 98.6 cm³/mol. The van der Waals surface area contributed by atoms with E-state index >= 15 is 0 Å². The summed E-state index contributed by atoms with van der Waals surface area (Å²) in [6.07, 6.45) is -5.03. The molecule has 2 fully saturated rings. The number of nitrogens with zero attached hydrogens (tertiary/aromatic N) is 3. The Morgan fingerprint density at radius 3 is 2.34 bits per heavy atom. The molecule has 2 saturated heterocycles. The van der Waals surface area contributed by atoms with E-state index in [-0.39, 0.29) is 42.8 Å². The SMILES string of the molecule is CC(C)CN1CC2N(C(=O)c3ccc(C(F)(F)F)cc3)CCC(=O)N2C(C)C1=O. The van der Waals surface area contributed by atoms with Crippen LogP contribution in [0, 0.1) is 5.92 Å². The second kappa shape index (κ2) is 7.68.